The molecule has 3 aromatic carbocycles. The predicted molar refractivity (Wildman–Crippen MR) is 169 cm³/mol. The molecule has 2 aliphatic rings. The molecule has 0 aliphatic carbocycles. The van der Waals surface area contributed by atoms with Crippen molar-refractivity contribution in [1.82, 2.24) is 0 Å². The second-order valence-corrected chi connectivity index (χ2v) is 11.1. The average molecular weight is 675 g/mol. The maximum Gasteiger partial charge on any atom is 0.513 e. The van der Waals surface area contributed by atoms with E-state index in [1.807, 2.05) is 6.92 Å². The van der Waals surface area contributed by atoms with Crippen LogP contribution in [0.1, 0.15) is 50.8 Å². The molecule has 0 N–H and O–H groups in total. The number of benzene rings is 3. The lowest BCUT2D eigenvalue weighted by atomic mass is 10.0. The van der Waals surface area contributed by atoms with Crippen LogP contribution in [0.15, 0.2) is 85.5 Å². The van der Waals surface area contributed by atoms with Crippen LogP contribution >= 0.6 is 0 Å². The molecule has 2 heterocycles. The van der Waals surface area contributed by atoms with Crippen LogP contribution in [-0.2, 0) is 28.5 Å². The maximum atomic E-state index is 12.7. The molecule has 2 saturated heterocycles. The molecule has 2 aliphatic heterocycles. The standard InChI is InChI=1S/C36H34O13/c1-3-30(37)42-18-4-5-19-43-36(41)48-28-16-10-24(11-17-28)34(39)46-26-12-6-23(7-13-26)33(38)47-27-14-8-25(9-15-27)35(40)49-29-21-45-31-22(2)20-44-32(29)31/h3,6-17,22,29,31-32H,1,4-5,18-21H2,2H3/t22-,29+,31?,32?/m0/s1. The topological polar surface area (TPSA) is 159 Å². The van der Waals surface area contributed by atoms with Gasteiger partial charge >= 0.3 is 30.0 Å². The third-order valence-electron chi connectivity index (χ3n) is 7.58. The molecule has 5 rings (SSSR count). The minimum Gasteiger partial charge on any atom is -0.463 e. The van der Waals surface area contributed by atoms with Gasteiger partial charge in [-0.05, 0) is 85.6 Å². The first kappa shape index (κ1) is 34.8. The molecule has 0 aromatic heterocycles. The molecule has 256 valence electrons. The van der Waals surface area contributed by atoms with Gasteiger partial charge in [0.25, 0.3) is 0 Å². The highest BCUT2D eigenvalue weighted by Gasteiger charge is 2.47. The third-order valence-corrected chi connectivity index (χ3v) is 7.58. The van der Waals surface area contributed by atoms with Gasteiger partial charge in [-0.3, -0.25) is 0 Å². The van der Waals surface area contributed by atoms with Crippen LogP contribution in [0.25, 0.3) is 0 Å². The second kappa shape index (κ2) is 16.5. The molecular weight excluding hydrogens is 640 g/mol. The largest absolute Gasteiger partial charge is 0.513 e. The van der Waals surface area contributed by atoms with Crippen molar-refractivity contribution in [2.24, 2.45) is 5.92 Å². The van der Waals surface area contributed by atoms with E-state index < -0.39 is 36.1 Å². The van der Waals surface area contributed by atoms with E-state index >= 15 is 0 Å². The van der Waals surface area contributed by atoms with Gasteiger partial charge in [-0.2, -0.15) is 0 Å². The molecular formula is C36H34O13. The van der Waals surface area contributed by atoms with E-state index in [0.717, 1.165) is 6.08 Å². The summed E-state index contributed by atoms with van der Waals surface area (Å²) in [6.45, 7) is 6.43. The van der Waals surface area contributed by atoms with Gasteiger partial charge in [-0.1, -0.05) is 13.5 Å². The fourth-order valence-electron chi connectivity index (χ4n) is 4.99. The molecule has 2 unspecified atom stereocenters. The first-order chi connectivity index (χ1) is 23.7. The Morgan fingerprint density at radius 1 is 0.653 bits per heavy atom. The van der Waals surface area contributed by atoms with Crippen molar-refractivity contribution in [2.75, 3.05) is 26.4 Å². The number of hydrogen-bond acceptors (Lipinski definition) is 13. The van der Waals surface area contributed by atoms with E-state index in [1.54, 1.807) is 0 Å². The number of rotatable bonds is 13. The zero-order chi connectivity index (χ0) is 34.8. The molecule has 0 saturated carbocycles. The first-order valence-electron chi connectivity index (χ1n) is 15.5. The third kappa shape index (κ3) is 9.52. The van der Waals surface area contributed by atoms with Gasteiger partial charge in [-0.25, -0.2) is 24.0 Å². The van der Waals surface area contributed by atoms with Crippen LogP contribution in [-0.4, -0.2) is 74.8 Å². The lowest BCUT2D eigenvalue weighted by Gasteiger charge is -2.16. The van der Waals surface area contributed by atoms with Gasteiger partial charge in [0.05, 0.1) is 49.2 Å². The van der Waals surface area contributed by atoms with Crippen molar-refractivity contribution in [3.63, 3.8) is 0 Å². The van der Waals surface area contributed by atoms with E-state index in [-0.39, 0.29) is 66.3 Å². The minimum absolute atomic E-state index is 0.0739. The number of hydrogen-bond donors (Lipinski definition) is 0. The van der Waals surface area contributed by atoms with Crippen molar-refractivity contribution >= 4 is 30.0 Å². The molecule has 3 aromatic rings. The SMILES string of the molecule is C=CC(=O)OCCCCOC(=O)Oc1ccc(C(=O)Oc2ccc(C(=O)Oc3ccc(C(=O)O[C@@H]4COC5C4OC[C@@H]5C)cc3)cc2)cc1. The Morgan fingerprint density at radius 2 is 1.12 bits per heavy atom. The molecule has 4 atom stereocenters. The lowest BCUT2D eigenvalue weighted by molar-refractivity contribution is -0.137. The molecule has 13 nitrogen and oxygen atoms in total. The summed E-state index contributed by atoms with van der Waals surface area (Å²) >= 11 is 0. The van der Waals surface area contributed by atoms with E-state index in [4.69, 9.17) is 37.9 Å². The Kier molecular flexibility index (Phi) is 11.7. The van der Waals surface area contributed by atoms with Crippen molar-refractivity contribution in [3.8, 4) is 17.2 Å². The summed E-state index contributed by atoms with van der Waals surface area (Å²) in [6.07, 6.45) is 0.285. The first-order valence-corrected chi connectivity index (χ1v) is 15.5. The number of esters is 4. The number of unbranched alkanes of at least 4 members (excludes halogenated alkanes) is 1. The van der Waals surface area contributed by atoms with Crippen molar-refractivity contribution in [3.05, 3.63) is 102 Å². The predicted octanol–water partition coefficient (Wildman–Crippen LogP) is 5.11. The zero-order valence-corrected chi connectivity index (χ0v) is 26.6. The van der Waals surface area contributed by atoms with Gasteiger partial charge < -0.3 is 37.9 Å². The van der Waals surface area contributed by atoms with Crippen LogP contribution in [0, 0.1) is 5.92 Å². The van der Waals surface area contributed by atoms with E-state index in [9.17, 15) is 24.0 Å². The Hall–Kier alpha value is -5.53. The number of carbonyl (C=O) groups excluding carboxylic acids is 5. The summed E-state index contributed by atoms with van der Waals surface area (Å²) in [6, 6.07) is 17.4. The van der Waals surface area contributed by atoms with Gasteiger partial charge in [0.1, 0.15) is 23.4 Å². The smallest absolute Gasteiger partial charge is 0.463 e. The van der Waals surface area contributed by atoms with Crippen molar-refractivity contribution < 1.29 is 61.9 Å². The van der Waals surface area contributed by atoms with Crippen LogP contribution < -0.4 is 14.2 Å². The summed E-state index contributed by atoms with van der Waals surface area (Å²) < 4.78 is 42.7. The molecule has 0 spiro atoms. The van der Waals surface area contributed by atoms with Crippen molar-refractivity contribution in [1.29, 1.82) is 0 Å². The highest BCUT2D eigenvalue weighted by Crippen LogP contribution is 2.32. The second-order valence-electron chi connectivity index (χ2n) is 11.1. The van der Waals surface area contributed by atoms with E-state index in [1.165, 1.54) is 72.8 Å². The van der Waals surface area contributed by atoms with Gasteiger partial charge in [-0.15, -0.1) is 0 Å². The number of carbonyl (C=O) groups is 5. The van der Waals surface area contributed by atoms with Gasteiger partial charge in [0.15, 0.2) is 6.10 Å². The Balaban J connectivity index is 1.03. The monoisotopic (exact) mass is 674 g/mol. The van der Waals surface area contributed by atoms with E-state index in [2.05, 4.69) is 6.58 Å². The molecule has 0 radical (unpaired) electrons. The molecule has 2 fully saturated rings. The minimum atomic E-state index is -0.920. The number of ether oxygens (including phenoxy) is 8. The van der Waals surface area contributed by atoms with Gasteiger partial charge in [0.2, 0.25) is 0 Å². The quantitative estimate of drug-likeness (QED) is 0.0589. The molecule has 0 bridgehead atoms. The average Bonchev–Trinajstić information content (AvgIpc) is 3.69. The summed E-state index contributed by atoms with van der Waals surface area (Å²) in [7, 11) is 0. The zero-order valence-electron chi connectivity index (χ0n) is 26.6. The summed E-state index contributed by atoms with van der Waals surface area (Å²) in [5, 5.41) is 0. The highest BCUT2D eigenvalue weighted by molar-refractivity contribution is 5.93. The Bertz CT molecular complexity index is 1650. The van der Waals surface area contributed by atoms with Crippen LogP contribution in [0.4, 0.5) is 4.79 Å². The number of fused-ring (bicyclic) bond motifs is 1. The summed E-state index contributed by atoms with van der Waals surface area (Å²) in [5.41, 5.74) is 0.682. The highest BCUT2D eigenvalue weighted by atomic mass is 16.7. The van der Waals surface area contributed by atoms with Crippen molar-refractivity contribution in [2.45, 2.75) is 38.1 Å². The summed E-state index contributed by atoms with van der Waals surface area (Å²) in [5.74, 6) is -1.57. The molecule has 13 heteroatoms. The summed E-state index contributed by atoms with van der Waals surface area (Å²) in [4.78, 5) is 60.8. The normalized spacial score (nSPS) is 19.2. The van der Waals surface area contributed by atoms with E-state index in [0.29, 0.717) is 25.0 Å². The van der Waals surface area contributed by atoms with Crippen LogP contribution in [0.5, 0.6) is 17.2 Å². The van der Waals surface area contributed by atoms with Crippen LogP contribution in [0.2, 0.25) is 0 Å². The molecule has 49 heavy (non-hydrogen) atoms. The fourth-order valence-corrected chi connectivity index (χ4v) is 4.99. The lowest BCUT2D eigenvalue weighted by Crippen LogP contribution is -2.32. The van der Waals surface area contributed by atoms with Crippen LogP contribution in [0.3, 0.4) is 0 Å². The van der Waals surface area contributed by atoms with Gasteiger partial charge in [0, 0.05) is 12.0 Å². The molecule has 0 amide bonds. The maximum absolute atomic E-state index is 12.7. The fraction of sp³-hybridized carbons (Fsp3) is 0.306. The Labute approximate surface area is 281 Å². The Morgan fingerprint density at radius 3 is 1.65 bits per heavy atom.